The highest BCUT2D eigenvalue weighted by Gasteiger charge is 2.30. The molecule has 0 aliphatic rings. The van der Waals surface area contributed by atoms with Crippen molar-refractivity contribution in [1.82, 2.24) is 0 Å². The molecule has 0 atom stereocenters. The van der Waals surface area contributed by atoms with E-state index >= 15 is 0 Å². The Hall–Kier alpha value is -1.94. The van der Waals surface area contributed by atoms with Gasteiger partial charge in [-0.3, -0.25) is 9.36 Å². The number of hydrogen-bond donors (Lipinski definition) is 1. The van der Waals surface area contributed by atoms with Gasteiger partial charge in [-0.15, -0.1) is 0 Å². The molecule has 122 valence electrons. The number of hydrogen-bond acceptors (Lipinski definition) is 4. The minimum atomic E-state index is -3.47. The summed E-state index contributed by atoms with van der Waals surface area (Å²) in [5.74, 6) is -0.280. The number of rotatable bonds is 7. The topological polar surface area (TPSA) is 64.6 Å². The molecule has 0 heterocycles. The second-order valence-corrected chi connectivity index (χ2v) is 6.66. The second-order valence-electron chi connectivity index (χ2n) is 4.67. The van der Waals surface area contributed by atoms with Crippen molar-refractivity contribution in [2.24, 2.45) is 0 Å². The number of amides is 1. The molecule has 0 aromatic heterocycles. The van der Waals surface area contributed by atoms with Gasteiger partial charge in [0.1, 0.15) is 0 Å². The number of anilines is 1. The summed E-state index contributed by atoms with van der Waals surface area (Å²) in [6.07, 6.45) is 0. The van der Waals surface area contributed by atoms with Gasteiger partial charge in [-0.1, -0.05) is 30.3 Å². The maximum atomic E-state index is 13.0. The molecule has 1 N–H and O–H groups in total. The lowest BCUT2D eigenvalue weighted by Gasteiger charge is -2.20. The molecule has 0 aliphatic carbocycles. The fraction of sp³-hybridized carbons (Fsp3) is 0.235. The highest BCUT2D eigenvalue weighted by molar-refractivity contribution is 7.62. The Morgan fingerprint density at radius 2 is 1.52 bits per heavy atom. The first-order chi connectivity index (χ1) is 11.1. The highest BCUT2D eigenvalue weighted by atomic mass is 31.2. The summed E-state index contributed by atoms with van der Waals surface area (Å²) in [5, 5.41) is 3.13. The van der Waals surface area contributed by atoms with Crippen molar-refractivity contribution in [3.63, 3.8) is 0 Å². The van der Waals surface area contributed by atoms with Crippen LogP contribution < -0.4 is 10.6 Å². The van der Waals surface area contributed by atoms with E-state index in [0.29, 0.717) is 16.6 Å². The van der Waals surface area contributed by atoms with Gasteiger partial charge in [0.25, 0.3) is 5.91 Å². The van der Waals surface area contributed by atoms with Crippen LogP contribution in [0.2, 0.25) is 0 Å². The van der Waals surface area contributed by atoms with E-state index in [1.807, 2.05) is 6.07 Å². The van der Waals surface area contributed by atoms with Crippen molar-refractivity contribution >= 4 is 24.5 Å². The molecule has 6 heteroatoms. The molecular weight excluding hydrogens is 313 g/mol. The summed E-state index contributed by atoms with van der Waals surface area (Å²) in [6, 6.07) is 15.6. The Morgan fingerprint density at radius 3 is 2.13 bits per heavy atom. The predicted molar refractivity (Wildman–Crippen MR) is 91.3 cm³/mol. The minimum absolute atomic E-state index is 0.248. The standard InChI is InChI=1S/C17H20NO4P/c1-3-21-23(20,22-4-2)16-13-9-8-12-15(16)18-17(19)14-10-6-5-7-11-14/h5-13H,3-4H2,1-2H3,(H,18,19). The molecule has 0 spiro atoms. The van der Waals surface area contributed by atoms with Crippen LogP contribution in [0.25, 0.3) is 0 Å². The smallest absolute Gasteiger partial charge is 0.321 e. The summed E-state index contributed by atoms with van der Waals surface area (Å²) < 4.78 is 23.7. The SMILES string of the molecule is CCOP(=O)(OCC)c1ccccc1NC(=O)c1ccccc1. The molecule has 0 unspecified atom stereocenters. The van der Waals surface area contributed by atoms with Crippen molar-refractivity contribution in [1.29, 1.82) is 0 Å². The van der Waals surface area contributed by atoms with Crippen LogP contribution in [0.15, 0.2) is 54.6 Å². The second kappa shape index (κ2) is 8.06. The molecule has 5 nitrogen and oxygen atoms in total. The molecule has 2 aromatic carbocycles. The fourth-order valence-corrected chi connectivity index (χ4v) is 3.85. The van der Waals surface area contributed by atoms with Crippen LogP contribution in [-0.2, 0) is 13.6 Å². The molecule has 0 saturated carbocycles. The van der Waals surface area contributed by atoms with E-state index in [2.05, 4.69) is 5.32 Å². The van der Waals surface area contributed by atoms with Gasteiger partial charge in [-0.05, 0) is 38.1 Å². The van der Waals surface area contributed by atoms with Crippen LogP contribution in [0.1, 0.15) is 24.2 Å². The zero-order chi connectivity index (χ0) is 16.7. The summed E-state index contributed by atoms with van der Waals surface area (Å²) in [5.41, 5.74) is 0.941. The molecule has 2 rings (SSSR count). The van der Waals surface area contributed by atoms with E-state index in [9.17, 15) is 9.36 Å². The van der Waals surface area contributed by atoms with Crippen LogP contribution in [0.4, 0.5) is 5.69 Å². The summed E-state index contributed by atoms with van der Waals surface area (Å²) in [7, 11) is -3.47. The van der Waals surface area contributed by atoms with Crippen molar-refractivity contribution < 1.29 is 18.4 Å². The van der Waals surface area contributed by atoms with Crippen LogP contribution in [0.5, 0.6) is 0 Å². The maximum Gasteiger partial charge on any atom is 0.363 e. The lowest BCUT2D eigenvalue weighted by atomic mass is 10.2. The van der Waals surface area contributed by atoms with Crippen LogP contribution >= 0.6 is 7.60 Å². The van der Waals surface area contributed by atoms with E-state index in [1.165, 1.54) is 0 Å². The lowest BCUT2D eigenvalue weighted by Crippen LogP contribution is -2.20. The van der Waals surface area contributed by atoms with E-state index in [0.717, 1.165) is 0 Å². The average molecular weight is 333 g/mol. The Bertz CT molecular complexity index is 693. The van der Waals surface area contributed by atoms with Gasteiger partial charge in [0.05, 0.1) is 24.2 Å². The van der Waals surface area contributed by atoms with Gasteiger partial charge in [0.15, 0.2) is 0 Å². The highest BCUT2D eigenvalue weighted by Crippen LogP contribution is 2.48. The van der Waals surface area contributed by atoms with Crippen molar-refractivity contribution in [2.75, 3.05) is 18.5 Å². The third kappa shape index (κ3) is 4.29. The Kier molecular flexibility index (Phi) is 6.11. The molecular formula is C17H20NO4P. The van der Waals surface area contributed by atoms with Gasteiger partial charge in [0.2, 0.25) is 0 Å². The molecule has 0 fully saturated rings. The molecule has 2 aromatic rings. The molecule has 0 saturated heterocycles. The molecule has 1 amide bonds. The first kappa shape index (κ1) is 17.4. The zero-order valence-electron chi connectivity index (χ0n) is 13.2. The molecule has 23 heavy (non-hydrogen) atoms. The van der Waals surface area contributed by atoms with Gasteiger partial charge in [-0.25, -0.2) is 0 Å². The Morgan fingerprint density at radius 1 is 0.957 bits per heavy atom. The largest absolute Gasteiger partial charge is 0.363 e. The predicted octanol–water partition coefficient (Wildman–Crippen LogP) is 3.83. The first-order valence-corrected chi connectivity index (χ1v) is 9.00. The van der Waals surface area contributed by atoms with Crippen molar-refractivity contribution in [3.05, 3.63) is 60.2 Å². The van der Waals surface area contributed by atoms with Crippen molar-refractivity contribution in [2.45, 2.75) is 13.8 Å². The van der Waals surface area contributed by atoms with E-state index in [4.69, 9.17) is 9.05 Å². The Balaban J connectivity index is 2.33. The Labute approximate surface area is 136 Å². The van der Waals surface area contributed by atoms with Crippen LogP contribution in [0, 0.1) is 0 Å². The van der Waals surface area contributed by atoms with Crippen LogP contribution in [0.3, 0.4) is 0 Å². The third-order valence-electron chi connectivity index (χ3n) is 3.08. The molecule has 0 bridgehead atoms. The first-order valence-electron chi connectivity index (χ1n) is 7.46. The lowest BCUT2D eigenvalue weighted by molar-refractivity contribution is 0.102. The fourth-order valence-electron chi connectivity index (χ4n) is 2.12. The minimum Gasteiger partial charge on any atom is -0.321 e. The van der Waals surface area contributed by atoms with E-state index in [1.54, 1.807) is 62.4 Å². The number of carbonyl (C=O) groups excluding carboxylic acids is 1. The summed E-state index contributed by atoms with van der Waals surface area (Å²) in [6.45, 7) is 3.99. The van der Waals surface area contributed by atoms with E-state index in [-0.39, 0.29) is 19.1 Å². The van der Waals surface area contributed by atoms with Crippen molar-refractivity contribution in [3.8, 4) is 0 Å². The monoisotopic (exact) mass is 333 g/mol. The van der Waals surface area contributed by atoms with Gasteiger partial charge < -0.3 is 14.4 Å². The van der Waals surface area contributed by atoms with Gasteiger partial charge >= 0.3 is 7.60 Å². The third-order valence-corrected chi connectivity index (χ3v) is 5.26. The van der Waals surface area contributed by atoms with Gasteiger partial charge in [0, 0.05) is 5.56 Å². The normalized spacial score (nSPS) is 11.2. The summed E-state index contributed by atoms with van der Waals surface area (Å²) >= 11 is 0. The quantitative estimate of drug-likeness (QED) is 0.782. The summed E-state index contributed by atoms with van der Waals surface area (Å²) in [4.78, 5) is 12.3. The number of benzene rings is 2. The molecule has 0 radical (unpaired) electrons. The number of para-hydroxylation sites is 1. The number of carbonyl (C=O) groups is 1. The maximum absolute atomic E-state index is 13.0. The average Bonchev–Trinajstić information content (AvgIpc) is 2.56. The van der Waals surface area contributed by atoms with E-state index < -0.39 is 7.60 Å². The van der Waals surface area contributed by atoms with Gasteiger partial charge in [-0.2, -0.15) is 0 Å². The molecule has 0 aliphatic heterocycles. The zero-order valence-corrected chi connectivity index (χ0v) is 14.1. The number of nitrogens with one attached hydrogen (secondary N) is 1. The van der Waals surface area contributed by atoms with Crippen LogP contribution in [-0.4, -0.2) is 19.1 Å².